The molecule has 0 spiro atoms. The van der Waals surface area contributed by atoms with E-state index in [0.717, 1.165) is 94.2 Å². The lowest BCUT2D eigenvalue weighted by Gasteiger charge is -2.14. The number of fused-ring (bicyclic) bond motifs is 7. The maximum Gasteiger partial charge on any atom is 0.238 e. The molecule has 0 saturated carbocycles. The van der Waals surface area contributed by atoms with E-state index in [0.29, 0.717) is 17.6 Å². The molecular formula is C62H40N6. The number of pyridine rings is 1. The van der Waals surface area contributed by atoms with Gasteiger partial charge in [0.25, 0.3) is 0 Å². The van der Waals surface area contributed by atoms with Crippen molar-refractivity contribution in [2.24, 2.45) is 0 Å². The van der Waals surface area contributed by atoms with Gasteiger partial charge in [0.1, 0.15) is 0 Å². The maximum atomic E-state index is 5.47. The van der Waals surface area contributed by atoms with Gasteiger partial charge in [-0.25, -0.2) is 9.97 Å². The Morgan fingerprint density at radius 3 is 1.29 bits per heavy atom. The van der Waals surface area contributed by atoms with E-state index in [-0.39, 0.29) is 0 Å². The van der Waals surface area contributed by atoms with Gasteiger partial charge in [0, 0.05) is 49.5 Å². The van der Waals surface area contributed by atoms with Crippen LogP contribution in [0.5, 0.6) is 0 Å². The number of hydrogen-bond donors (Lipinski definition) is 0. The van der Waals surface area contributed by atoms with Gasteiger partial charge in [-0.15, -0.1) is 0 Å². The van der Waals surface area contributed by atoms with Crippen molar-refractivity contribution in [3.8, 4) is 79.2 Å². The Morgan fingerprint density at radius 1 is 0.250 bits per heavy atom. The number of rotatable bonds is 8. The van der Waals surface area contributed by atoms with Crippen molar-refractivity contribution >= 4 is 43.6 Å². The summed E-state index contributed by atoms with van der Waals surface area (Å²) in [4.78, 5) is 21.3. The molecule has 0 radical (unpaired) electrons. The average molecular weight is 869 g/mol. The molecule has 9 aromatic carbocycles. The van der Waals surface area contributed by atoms with Crippen LogP contribution in [0.3, 0.4) is 0 Å². The molecule has 0 aliphatic carbocycles. The molecule has 0 N–H and O–H groups in total. The summed E-state index contributed by atoms with van der Waals surface area (Å²) in [5, 5.41) is 4.55. The molecule has 13 rings (SSSR count). The second-order valence-electron chi connectivity index (χ2n) is 17.1. The fourth-order valence-corrected chi connectivity index (χ4v) is 9.79. The summed E-state index contributed by atoms with van der Waals surface area (Å²) in [5.41, 5.74) is 15.4. The summed E-state index contributed by atoms with van der Waals surface area (Å²) in [6.45, 7) is 0. The highest BCUT2D eigenvalue weighted by molar-refractivity contribution is 6.23. The third-order valence-electron chi connectivity index (χ3n) is 13.0. The lowest BCUT2D eigenvalue weighted by atomic mass is 9.98. The molecule has 0 fully saturated rings. The second-order valence-corrected chi connectivity index (χ2v) is 17.1. The van der Waals surface area contributed by atoms with E-state index in [2.05, 4.69) is 221 Å². The van der Waals surface area contributed by atoms with Gasteiger partial charge in [-0.05, 0) is 64.7 Å². The van der Waals surface area contributed by atoms with Crippen LogP contribution in [0.15, 0.2) is 243 Å². The minimum Gasteiger partial charge on any atom is -0.307 e. The number of benzene rings is 9. The van der Waals surface area contributed by atoms with Crippen molar-refractivity contribution in [2.45, 2.75) is 0 Å². The molecule has 0 unspecified atom stereocenters. The highest BCUT2D eigenvalue weighted by Gasteiger charge is 2.24. The van der Waals surface area contributed by atoms with E-state index >= 15 is 0 Å². The SMILES string of the molecule is c1ccc(-c2cccc(-n3c4ccccc4c4ccc5c6ccccc6n(-c6nc(-c7ccccc7)nc(-c7cccc(-c8cc(-c9ccccc9)nc(-c9ccccc9)c8)c7)n6)c5c43)c2)cc1. The minimum atomic E-state index is 0.537. The summed E-state index contributed by atoms with van der Waals surface area (Å²) < 4.78 is 4.67. The van der Waals surface area contributed by atoms with Crippen LogP contribution in [-0.2, 0) is 0 Å². The average Bonchev–Trinajstić information content (AvgIpc) is 3.95. The smallest absolute Gasteiger partial charge is 0.238 e. The predicted octanol–water partition coefficient (Wildman–Crippen LogP) is 15.5. The fraction of sp³-hybridized carbons (Fsp3) is 0. The Morgan fingerprint density at radius 2 is 0.691 bits per heavy atom. The van der Waals surface area contributed by atoms with Gasteiger partial charge in [0.15, 0.2) is 11.6 Å². The fourth-order valence-electron chi connectivity index (χ4n) is 9.79. The first-order chi connectivity index (χ1) is 33.7. The third-order valence-corrected chi connectivity index (χ3v) is 13.0. The van der Waals surface area contributed by atoms with E-state index in [4.69, 9.17) is 19.9 Å². The maximum absolute atomic E-state index is 5.47. The van der Waals surface area contributed by atoms with E-state index < -0.39 is 0 Å². The van der Waals surface area contributed by atoms with Crippen molar-refractivity contribution in [1.82, 2.24) is 29.1 Å². The van der Waals surface area contributed by atoms with Gasteiger partial charge >= 0.3 is 0 Å². The summed E-state index contributed by atoms with van der Waals surface area (Å²) >= 11 is 0. The van der Waals surface area contributed by atoms with Gasteiger partial charge in [-0.1, -0.05) is 200 Å². The Labute approximate surface area is 392 Å². The van der Waals surface area contributed by atoms with E-state index in [1.54, 1.807) is 0 Å². The number of para-hydroxylation sites is 2. The predicted molar refractivity (Wildman–Crippen MR) is 279 cm³/mol. The van der Waals surface area contributed by atoms with E-state index in [1.807, 2.05) is 30.3 Å². The lowest BCUT2D eigenvalue weighted by Crippen LogP contribution is -2.07. The first kappa shape index (κ1) is 39.1. The Hall–Kier alpha value is -9.26. The van der Waals surface area contributed by atoms with Gasteiger partial charge < -0.3 is 4.57 Å². The topological polar surface area (TPSA) is 61.4 Å². The molecule has 4 heterocycles. The van der Waals surface area contributed by atoms with Crippen molar-refractivity contribution in [2.75, 3.05) is 0 Å². The van der Waals surface area contributed by atoms with E-state index in [9.17, 15) is 0 Å². The first-order valence-corrected chi connectivity index (χ1v) is 22.9. The molecule has 68 heavy (non-hydrogen) atoms. The zero-order valence-corrected chi connectivity index (χ0v) is 36.8. The van der Waals surface area contributed by atoms with Gasteiger partial charge in [0.05, 0.1) is 33.5 Å². The molecule has 0 aliphatic rings. The van der Waals surface area contributed by atoms with Gasteiger partial charge in [-0.2, -0.15) is 9.97 Å². The van der Waals surface area contributed by atoms with Crippen LogP contribution in [0.4, 0.5) is 0 Å². The second kappa shape index (κ2) is 16.3. The molecule has 13 aromatic rings. The van der Waals surface area contributed by atoms with Crippen LogP contribution in [0.1, 0.15) is 0 Å². The van der Waals surface area contributed by atoms with E-state index in [1.165, 1.54) is 10.9 Å². The molecule has 0 bridgehead atoms. The molecule has 6 heteroatoms. The van der Waals surface area contributed by atoms with Crippen molar-refractivity contribution < 1.29 is 0 Å². The van der Waals surface area contributed by atoms with Crippen LogP contribution in [0, 0.1) is 0 Å². The largest absolute Gasteiger partial charge is 0.307 e. The van der Waals surface area contributed by atoms with Crippen LogP contribution in [0.2, 0.25) is 0 Å². The van der Waals surface area contributed by atoms with Crippen LogP contribution in [0.25, 0.3) is 123 Å². The highest BCUT2D eigenvalue weighted by Crippen LogP contribution is 2.42. The van der Waals surface area contributed by atoms with Gasteiger partial charge in [0.2, 0.25) is 5.95 Å². The standard InChI is InChI=1S/C62H40N6/c1-5-19-41(20-6-1)46-28-18-30-49(38-46)67-56-33-15-13-31-50(56)52-35-36-53-51-32-14-16-34-57(51)68(59(53)58(52)67)62-65-60(44-25-11-4-12-26-44)64-61(66-62)47-29-17-27-45(37-47)48-39-54(42-21-7-2-8-22-42)63-55(40-48)43-23-9-3-10-24-43/h1-40H. The first-order valence-electron chi connectivity index (χ1n) is 22.9. The van der Waals surface area contributed by atoms with Crippen molar-refractivity contribution in [1.29, 1.82) is 0 Å². The minimum absolute atomic E-state index is 0.537. The summed E-state index contributed by atoms with van der Waals surface area (Å²) in [6, 6.07) is 85.1. The highest BCUT2D eigenvalue weighted by atomic mass is 15.2. The zero-order chi connectivity index (χ0) is 45.0. The Balaban J connectivity index is 1.06. The molecule has 0 amide bonds. The van der Waals surface area contributed by atoms with Crippen molar-refractivity contribution in [3.63, 3.8) is 0 Å². The number of hydrogen-bond acceptors (Lipinski definition) is 4. The molecule has 0 saturated heterocycles. The molecule has 0 atom stereocenters. The normalized spacial score (nSPS) is 11.5. The lowest BCUT2D eigenvalue weighted by molar-refractivity contribution is 0.953. The van der Waals surface area contributed by atoms with Crippen molar-refractivity contribution in [3.05, 3.63) is 243 Å². The summed E-state index contributed by atoms with van der Waals surface area (Å²) in [6.07, 6.45) is 0. The van der Waals surface area contributed by atoms with Crippen LogP contribution in [-0.4, -0.2) is 29.1 Å². The third kappa shape index (κ3) is 6.74. The summed E-state index contributed by atoms with van der Waals surface area (Å²) in [5.74, 6) is 1.70. The molecule has 4 aromatic heterocycles. The Kier molecular flexibility index (Phi) is 9.39. The molecular weight excluding hydrogens is 829 g/mol. The number of aromatic nitrogens is 6. The molecule has 6 nitrogen and oxygen atoms in total. The molecule has 0 aliphatic heterocycles. The quantitative estimate of drug-likeness (QED) is 0.153. The van der Waals surface area contributed by atoms with Crippen LogP contribution < -0.4 is 0 Å². The summed E-state index contributed by atoms with van der Waals surface area (Å²) in [7, 11) is 0. The Bertz CT molecular complexity index is 3950. The van der Waals surface area contributed by atoms with Gasteiger partial charge in [-0.3, -0.25) is 4.57 Å². The zero-order valence-electron chi connectivity index (χ0n) is 36.8. The molecule has 318 valence electrons. The number of nitrogens with zero attached hydrogens (tertiary/aromatic N) is 6. The monoisotopic (exact) mass is 868 g/mol. The van der Waals surface area contributed by atoms with Crippen LogP contribution >= 0.6 is 0 Å².